The Morgan fingerprint density at radius 3 is 2.48 bits per heavy atom. The van der Waals surface area contributed by atoms with E-state index in [1.807, 2.05) is 18.3 Å². The van der Waals surface area contributed by atoms with Gasteiger partial charge in [-0.25, -0.2) is 0 Å². The van der Waals surface area contributed by atoms with Gasteiger partial charge in [-0.1, -0.05) is 19.9 Å². The third-order valence-electron chi connectivity index (χ3n) is 2.88. The molecule has 0 fully saturated rings. The van der Waals surface area contributed by atoms with Crippen LogP contribution in [0.1, 0.15) is 25.0 Å². The molecule has 0 saturated carbocycles. The Morgan fingerprint density at radius 1 is 1.19 bits per heavy atom. The first kappa shape index (κ1) is 16.5. The molecular weight excluding hydrogens is 396 g/mol. The Morgan fingerprint density at radius 2 is 1.90 bits per heavy atom. The summed E-state index contributed by atoms with van der Waals surface area (Å²) in [5.74, 6) is 0.812. The fraction of sp³-hybridized carbons (Fsp3) is 0.312. The summed E-state index contributed by atoms with van der Waals surface area (Å²) < 4.78 is 7.77. The summed E-state index contributed by atoms with van der Waals surface area (Å²) in [7, 11) is 0. The first-order chi connectivity index (χ1) is 10.1. The van der Waals surface area contributed by atoms with E-state index in [0.29, 0.717) is 12.6 Å². The van der Waals surface area contributed by atoms with Crippen molar-refractivity contribution < 1.29 is 4.74 Å². The highest BCUT2D eigenvalue weighted by atomic mass is 79.9. The van der Waals surface area contributed by atoms with Gasteiger partial charge in [-0.05, 0) is 55.6 Å². The molecule has 112 valence electrons. The van der Waals surface area contributed by atoms with Crippen LogP contribution in [-0.4, -0.2) is 11.0 Å². The van der Waals surface area contributed by atoms with Crippen molar-refractivity contribution in [2.24, 2.45) is 0 Å². The molecule has 0 aliphatic rings. The van der Waals surface area contributed by atoms with Crippen molar-refractivity contribution in [2.45, 2.75) is 33.0 Å². The smallest absolute Gasteiger partial charge is 0.148 e. The molecule has 0 spiro atoms. The number of nitrogens with one attached hydrogen (secondary N) is 1. The molecule has 0 atom stereocenters. The number of ether oxygens (including phenoxy) is 1. The SMILES string of the molecule is CC(C)NCc1cc(Br)c(OCc2cccnc2)c(Br)c1. The highest BCUT2D eigenvalue weighted by Gasteiger charge is 2.09. The van der Waals surface area contributed by atoms with E-state index in [9.17, 15) is 0 Å². The summed E-state index contributed by atoms with van der Waals surface area (Å²) in [6.07, 6.45) is 3.56. The molecule has 1 heterocycles. The normalized spacial score (nSPS) is 10.9. The second-order valence-electron chi connectivity index (χ2n) is 5.07. The molecule has 1 aromatic heterocycles. The number of pyridine rings is 1. The van der Waals surface area contributed by atoms with Crippen molar-refractivity contribution in [2.75, 3.05) is 0 Å². The molecule has 3 nitrogen and oxygen atoms in total. The van der Waals surface area contributed by atoms with E-state index in [4.69, 9.17) is 4.74 Å². The van der Waals surface area contributed by atoms with E-state index in [1.54, 1.807) is 6.20 Å². The van der Waals surface area contributed by atoms with Crippen molar-refractivity contribution in [3.05, 3.63) is 56.7 Å². The van der Waals surface area contributed by atoms with Gasteiger partial charge >= 0.3 is 0 Å². The van der Waals surface area contributed by atoms with Crippen LogP contribution in [0.2, 0.25) is 0 Å². The van der Waals surface area contributed by atoms with Gasteiger partial charge in [0.15, 0.2) is 0 Å². The summed E-state index contributed by atoms with van der Waals surface area (Å²) in [5, 5.41) is 3.40. The number of hydrogen-bond acceptors (Lipinski definition) is 3. The van der Waals surface area contributed by atoms with Crippen LogP contribution in [0, 0.1) is 0 Å². The van der Waals surface area contributed by atoms with Crippen LogP contribution in [0.25, 0.3) is 0 Å². The minimum absolute atomic E-state index is 0.462. The van der Waals surface area contributed by atoms with Crippen LogP contribution in [0.5, 0.6) is 5.75 Å². The zero-order chi connectivity index (χ0) is 15.2. The second-order valence-corrected chi connectivity index (χ2v) is 6.78. The van der Waals surface area contributed by atoms with Gasteiger partial charge in [-0.3, -0.25) is 4.98 Å². The Hall–Kier alpha value is -0.910. The molecule has 0 radical (unpaired) electrons. The number of aromatic nitrogens is 1. The molecule has 2 rings (SSSR count). The molecule has 5 heteroatoms. The number of nitrogens with zero attached hydrogens (tertiary/aromatic N) is 1. The maximum atomic E-state index is 5.88. The molecule has 0 unspecified atom stereocenters. The molecule has 0 saturated heterocycles. The van der Waals surface area contributed by atoms with Crippen LogP contribution >= 0.6 is 31.9 Å². The first-order valence-electron chi connectivity index (χ1n) is 6.79. The quantitative estimate of drug-likeness (QED) is 0.746. The molecular formula is C16H18Br2N2O. The van der Waals surface area contributed by atoms with Crippen LogP contribution in [0.15, 0.2) is 45.6 Å². The summed E-state index contributed by atoms with van der Waals surface area (Å²) in [6, 6.07) is 8.53. The molecule has 0 aliphatic carbocycles. The van der Waals surface area contributed by atoms with Gasteiger partial charge in [0.05, 0.1) is 8.95 Å². The van der Waals surface area contributed by atoms with Crippen molar-refractivity contribution >= 4 is 31.9 Å². The number of hydrogen-bond donors (Lipinski definition) is 1. The standard InChI is InChI=1S/C16H18Br2N2O/c1-11(2)20-9-13-6-14(17)16(15(18)7-13)21-10-12-4-3-5-19-8-12/h3-8,11,20H,9-10H2,1-2H3. The minimum atomic E-state index is 0.462. The van der Waals surface area contributed by atoms with Gasteiger partial charge in [0.25, 0.3) is 0 Å². The van der Waals surface area contributed by atoms with E-state index >= 15 is 0 Å². The van der Waals surface area contributed by atoms with Crippen LogP contribution in [0.4, 0.5) is 0 Å². The van der Waals surface area contributed by atoms with Gasteiger partial charge in [0, 0.05) is 30.5 Å². The second kappa shape index (κ2) is 7.92. The van der Waals surface area contributed by atoms with Gasteiger partial charge in [-0.2, -0.15) is 0 Å². The van der Waals surface area contributed by atoms with Crippen LogP contribution in [0.3, 0.4) is 0 Å². The lowest BCUT2D eigenvalue weighted by atomic mass is 10.2. The van der Waals surface area contributed by atoms with Crippen molar-refractivity contribution in [1.29, 1.82) is 0 Å². The van der Waals surface area contributed by atoms with Gasteiger partial charge < -0.3 is 10.1 Å². The van der Waals surface area contributed by atoms with Crippen molar-refractivity contribution in [3.63, 3.8) is 0 Å². The molecule has 21 heavy (non-hydrogen) atoms. The lowest BCUT2D eigenvalue weighted by molar-refractivity contribution is 0.301. The topological polar surface area (TPSA) is 34.1 Å². The summed E-state index contributed by atoms with van der Waals surface area (Å²) in [4.78, 5) is 4.09. The van der Waals surface area contributed by atoms with Gasteiger partial charge in [0.2, 0.25) is 0 Å². The molecule has 0 amide bonds. The molecule has 0 aliphatic heterocycles. The zero-order valence-corrected chi connectivity index (χ0v) is 15.2. The molecule has 1 aromatic carbocycles. The van der Waals surface area contributed by atoms with E-state index in [-0.39, 0.29) is 0 Å². The Bertz CT molecular complexity index is 565. The molecule has 2 aromatic rings. The molecule has 0 bridgehead atoms. The fourth-order valence-corrected chi connectivity index (χ4v) is 3.32. The largest absolute Gasteiger partial charge is 0.486 e. The summed E-state index contributed by atoms with van der Waals surface area (Å²) in [5.41, 5.74) is 2.25. The predicted molar refractivity (Wildman–Crippen MR) is 92.4 cm³/mol. The monoisotopic (exact) mass is 412 g/mol. The highest BCUT2D eigenvalue weighted by molar-refractivity contribution is 9.11. The number of halogens is 2. The average molecular weight is 414 g/mol. The summed E-state index contributed by atoms with van der Waals surface area (Å²) in [6.45, 7) is 5.59. The summed E-state index contributed by atoms with van der Waals surface area (Å²) >= 11 is 7.16. The first-order valence-corrected chi connectivity index (χ1v) is 8.38. The average Bonchev–Trinajstić information content (AvgIpc) is 2.45. The van der Waals surface area contributed by atoms with E-state index in [1.165, 1.54) is 5.56 Å². The Labute approximate surface area is 142 Å². The van der Waals surface area contributed by atoms with Crippen molar-refractivity contribution in [1.82, 2.24) is 10.3 Å². The third kappa shape index (κ3) is 5.09. The zero-order valence-electron chi connectivity index (χ0n) is 12.1. The maximum Gasteiger partial charge on any atom is 0.148 e. The Kier molecular flexibility index (Phi) is 6.21. The molecule has 1 N–H and O–H groups in total. The maximum absolute atomic E-state index is 5.88. The third-order valence-corrected chi connectivity index (χ3v) is 4.06. The number of benzene rings is 1. The predicted octanol–water partition coefficient (Wildman–Crippen LogP) is 4.68. The van der Waals surface area contributed by atoms with E-state index < -0.39 is 0 Å². The van der Waals surface area contributed by atoms with E-state index in [2.05, 4.69) is 68.1 Å². The lowest BCUT2D eigenvalue weighted by Crippen LogP contribution is -2.21. The lowest BCUT2D eigenvalue weighted by Gasteiger charge is -2.13. The number of rotatable bonds is 6. The van der Waals surface area contributed by atoms with Crippen molar-refractivity contribution in [3.8, 4) is 5.75 Å². The van der Waals surface area contributed by atoms with Crippen LogP contribution < -0.4 is 10.1 Å². The fourth-order valence-electron chi connectivity index (χ4n) is 1.81. The van der Waals surface area contributed by atoms with Crippen LogP contribution in [-0.2, 0) is 13.2 Å². The van der Waals surface area contributed by atoms with Gasteiger partial charge in [0.1, 0.15) is 12.4 Å². The van der Waals surface area contributed by atoms with E-state index in [0.717, 1.165) is 26.8 Å². The highest BCUT2D eigenvalue weighted by Crippen LogP contribution is 2.35. The minimum Gasteiger partial charge on any atom is -0.486 e. The van der Waals surface area contributed by atoms with Gasteiger partial charge in [-0.15, -0.1) is 0 Å². The Balaban J connectivity index is 2.06.